The minimum Gasteiger partial charge on any atom is -0.355 e. The number of rotatable bonds is 3. The van der Waals surface area contributed by atoms with Gasteiger partial charge in [0.15, 0.2) is 0 Å². The van der Waals surface area contributed by atoms with Crippen LogP contribution >= 0.6 is 0 Å². The topological polar surface area (TPSA) is 29.1 Å². The molecule has 2 aromatic rings. The van der Waals surface area contributed by atoms with Crippen molar-refractivity contribution in [2.45, 2.75) is 19.8 Å². The molecule has 0 atom stereocenters. The number of amides is 1. The number of hydrogen-bond acceptors (Lipinski definition) is 1. The maximum absolute atomic E-state index is 11.7. The standard InChI is InChI=1S/C17H19NO/c1-12(2)13-6-4-7-14(10-13)15-8-5-9-16(11-15)17(19)18-3/h4-12H,1-3H3,(H,18,19). The van der Waals surface area contributed by atoms with E-state index in [1.807, 2.05) is 24.3 Å². The summed E-state index contributed by atoms with van der Waals surface area (Å²) in [7, 11) is 1.65. The molecule has 0 aliphatic carbocycles. The molecule has 0 bridgehead atoms. The lowest BCUT2D eigenvalue weighted by molar-refractivity contribution is 0.0963. The Labute approximate surface area is 114 Å². The summed E-state index contributed by atoms with van der Waals surface area (Å²) in [4.78, 5) is 11.7. The van der Waals surface area contributed by atoms with E-state index in [0.29, 0.717) is 11.5 Å². The molecule has 19 heavy (non-hydrogen) atoms. The van der Waals surface area contributed by atoms with E-state index in [1.54, 1.807) is 7.05 Å². The maximum Gasteiger partial charge on any atom is 0.251 e. The molecule has 0 aliphatic heterocycles. The lowest BCUT2D eigenvalue weighted by atomic mass is 9.96. The summed E-state index contributed by atoms with van der Waals surface area (Å²) < 4.78 is 0. The Morgan fingerprint density at radius 1 is 1.00 bits per heavy atom. The van der Waals surface area contributed by atoms with E-state index in [9.17, 15) is 4.79 Å². The Bertz CT molecular complexity index is 587. The molecule has 0 radical (unpaired) electrons. The first-order valence-corrected chi connectivity index (χ1v) is 6.54. The first-order valence-electron chi connectivity index (χ1n) is 6.54. The highest BCUT2D eigenvalue weighted by atomic mass is 16.1. The van der Waals surface area contributed by atoms with E-state index in [1.165, 1.54) is 5.56 Å². The monoisotopic (exact) mass is 253 g/mol. The number of carbonyl (C=O) groups is 1. The van der Waals surface area contributed by atoms with Gasteiger partial charge in [-0.3, -0.25) is 4.79 Å². The second-order valence-corrected chi connectivity index (χ2v) is 4.94. The molecule has 1 amide bonds. The SMILES string of the molecule is CNC(=O)c1cccc(-c2cccc(C(C)C)c2)c1. The van der Waals surface area contributed by atoms with E-state index in [-0.39, 0.29) is 5.91 Å². The molecule has 0 fully saturated rings. The quantitative estimate of drug-likeness (QED) is 0.884. The van der Waals surface area contributed by atoms with Gasteiger partial charge in [0.25, 0.3) is 5.91 Å². The van der Waals surface area contributed by atoms with Crippen LogP contribution in [-0.2, 0) is 0 Å². The van der Waals surface area contributed by atoms with Gasteiger partial charge in [-0.05, 0) is 34.7 Å². The van der Waals surface area contributed by atoms with Gasteiger partial charge in [0.1, 0.15) is 0 Å². The van der Waals surface area contributed by atoms with E-state index in [4.69, 9.17) is 0 Å². The number of benzene rings is 2. The first-order chi connectivity index (χ1) is 9.11. The van der Waals surface area contributed by atoms with Crippen LogP contribution in [0.5, 0.6) is 0 Å². The van der Waals surface area contributed by atoms with Crippen molar-refractivity contribution in [3.63, 3.8) is 0 Å². The van der Waals surface area contributed by atoms with E-state index in [2.05, 4.69) is 43.4 Å². The Kier molecular flexibility index (Phi) is 4.00. The van der Waals surface area contributed by atoms with Crippen LogP contribution in [0, 0.1) is 0 Å². The zero-order chi connectivity index (χ0) is 13.8. The molecule has 0 saturated carbocycles. The fourth-order valence-electron chi connectivity index (χ4n) is 2.06. The van der Waals surface area contributed by atoms with Gasteiger partial charge in [-0.2, -0.15) is 0 Å². The van der Waals surface area contributed by atoms with Gasteiger partial charge < -0.3 is 5.32 Å². The predicted octanol–water partition coefficient (Wildman–Crippen LogP) is 3.84. The third-order valence-corrected chi connectivity index (χ3v) is 3.24. The Morgan fingerprint density at radius 2 is 1.63 bits per heavy atom. The van der Waals surface area contributed by atoms with Gasteiger partial charge in [-0.25, -0.2) is 0 Å². The smallest absolute Gasteiger partial charge is 0.251 e. The molecule has 2 nitrogen and oxygen atoms in total. The third kappa shape index (κ3) is 3.02. The molecule has 2 rings (SSSR count). The van der Waals surface area contributed by atoms with Crippen molar-refractivity contribution < 1.29 is 4.79 Å². The molecule has 0 unspecified atom stereocenters. The minimum atomic E-state index is -0.0538. The van der Waals surface area contributed by atoms with Crippen LogP contribution in [0.25, 0.3) is 11.1 Å². The Balaban J connectivity index is 2.41. The van der Waals surface area contributed by atoms with Crippen molar-refractivity contribution >= 4 is 5.91 Å². The molecule has 2 heteroatoms. The second kappa shape index (κ2) is 5.70. The Morgan fingerprint density at radius 3 is 2.26 bits per heavy atom. The van der Waals surface area contributed by atoms with Crippen molar-refractivity contribution in [3.8, 4) is 11.1 Å². The number of carbonyl (C=O) groups excluding carboxylic acids is 1. The van der Waals surface area contributed by atoms with Crippen molar-refractivity contribution in [1.29, 1.82) is 0 Å². The number of nitrogens with one attached hydrogen (secondary N) is 1. The first kappa shape index (κ1) is 13.3. The molecule has 0 saturated heterocycles. The number of hydrogen-bond donors (Lipinski definition) is 1. The lowest BCUT2D eigenvalue weighted by Gasteiger charge is -2.09. The van der Waals surface area contributed by atoms with Crippen LogP contribution in [0.4, 0.5) is 0 Å². The van der Waals surface area contributed by atoms with Crippen molar-refractivity contribution in [1.82, 2.24) is 5.32 Å². The molecule has 2 aromatic carbocycles. The fraction of sp³-hybridized carbons (Fsp3) is 0.235. The molecule has 0 heterocycles. The van der Waals surface area contributed by atoms with Crippen molar-refractivity contribution in [2.24, 2.45) is 0 Å². The van der Waals surface area contributed by atoms with Crippen LogP contribution < -0.4 is 5.32 Å². The normalized spacial score (nSPS) is 10.5. The van der Waals surface area contributed by atoms with Crippen LogP contribution in [-0.4, -0.2) is 13.0 Å². The Hall–Kier alpha value is -2.09. The molecule has 98 valence electrons. The lowest BCUT2D eigenvalue weighted by Crippen LogP contribution is -2.17. The summed E-state index contributed by atoms with van der Waals surface area (Å²) in [6.07, 6.45) is 0. The van der Waals surface area contributed by atoms with Crippen LogP contribution in [0.3, 0.4) is 0 Å². The third-order valence-electron chi connectivity index (χ3n) is 3.24. The van der Waals surface area contributed by atoms with Gasteiger partial charge in [0, 0.05) is 12.6 Å². The highest BCUT2D eigenvalue weighted by molar-refractivity contribution is 5.95. The van der Waals surface area contributed by atoms with E-state index in [0.717, 1.165) is 11.1 Å². The highest BCUT2D eigenvalue weighted by Crippen LogP contribution is 2.24. The maximum atomic E-state index is 11.7. The summed E-state index contributed by atoms with van der Waals surface area (Å²) in [5.41, 5.74) is 4.22. The average molecular weight is 253 g/mol. The van der Waals surface area contributed by atoms with Crippen LogP contribution in [0.2, 0.25) is 0 Å². The largest absolute Gasteiger partial charge is 0.355 e. The zero-order valence-electron chi connectivity index (χ0n) is 11.6. The second-order valence-electron chi connectivity index (χ2n) is 4.94. The van der Waals surface area contributed by atoms with Gasteiger partial charge in [-0.1, -0.05) is 50.2 Å². The molecule has 0 spiro atoms. The van der Waals surface area contributed by atoms with Gasteiger partial charge >= 0.3 is 0 Å². The summed E-state index contributed by atoms with van der Waals surface area (Å²) >= 11 is 0. The van der Waals surface area contributed by atoms with E-state index < -0.39 is 0 Å². The highest BCUT2D eigenvalue weighted by Gasteiger charge is 2.06. The molecule has 0 aliphatic rings. The van der Waals surface area contributed by atoms with Gasteiger partial charge in [-0.15, -0.1) is 0 Å². The van der Waals surface area contributed by atoms with Crippen LogP contribution in [0.1, 0.15) is 35.7 Å². The molecule has 0 aromatic heterocycles. The van der Waals surface area contributed by atoms with Gasteiger partial charge in [0.05, 0.1) is 0 Å². The summed E-state index contributed by atoms with van der Waals surface area (Å²) in [5, 5.41) is 2.65. The summed E-state index contributed by atoms with van der Waals surface area (Å²) in [6.45, 7) is 4.36. The minimum absolute atomic E-state index is 0.0538. The zero-order valence-corrected chi connectivity index (χ0v) is 11.6. The predicted molar refractivity (Wildman–Crippen MR) is 79.4 cm³/mol. The van der Waals surface area contributed by atoms with Crippen molar-refractivity contribution in [2.75, 3.05) is 7.05 Å². The summed E-state index contributed by atoms with van der Waals surface area (Å²) in [5.74, 6) is 0.448. The molecular formula is C17H19NO. The van der Waals surface area contributed by atoms with Crippen molar-refractivity contribution in [3.05, 3.63) is 59.7 Å². The summed E-state index contributed by atoms with van der Waals surface area (Å²) in [6, 6.07) is 16.2. The fourth-order valence-corrected chi connectivity index (χ4v) is 2.06. The average Bonchev–Trinajstić information content (AvgIpc) is 2.46. The van der Waals surface area contributed by atoms with Crippen LogP contribution in [0.15, 0.2) is 48.5 Å². The molecule has 1 N–H and O–H groups in total. The molecular weight excluding hydrogens is 234 g/mol. The van der Waals surface area contributed by atoms with E-state index >= 15 is 0 Å². The van der Waals surface area contributed by atoms with Gasteiger partial charge in [0.2, 0.25) is 0 Å².